The van der Waals surface area contributed by atoms with Crippen LogP contribution in [-0.2, 0) is 4.79 Å². The van der Waals surface area contributed by atoms with Gasteiger partial charge in [-0.05, 0) is 36.4 Å². The Kier molecular flexibility index (Phi) is 5.13. The van der Waals surface area contributed by atoms with Crippen LogP contribution in [0.3, 0.4) is 0 Å². The molecule has 1 saturated heterocycles. The fourth-order valence-electron chi connectivity index (χ4n) is 3.12. The zero-order valence-electron chi connectivity index (χ0n) is 14.0. The molecule has 0 unspecified atom stereocenters. The zero-order valence-corrected chi connectivity index (χ0v) is 14.0. The number of carbonyl (C=O) groups is 1. The maximum absolute atomic E-state index is 13.0. The van der Waals surface area contributed by atoms with Gasteiger partial charge in [0.2, 0.25) is 0 Å². The number of hydrogen-bond donors (Lipinski definition) is 3. The molecule has 0 aromatic heterocycles. The smallest absolute Gasteiger partial charge is 0.286 e. The molecule has 2 aromatic carbocycles. The number of aromatic hydroxyl groups is 1. The van der Waals surface area contributed by atoms with Crippen LogP contribution >= 0.6 is 0 Å². The Labute approximate surface area is 142 Å². The number of quaternary nitrogens is 2. The minimum Gasteiger partial charge on any atom is -0.508 e. The van der Waals surface area contributed by atoms with E-state index in [4.69, 9.17) is 0 Å². The monoisotopic (exact) mass is 327 g/mol. The number of anilines is 2. The number of piperazine rings is 1. The van der Waals surface area contributed by atoms with Crippen molar-refractivity contribution in [1.82, 2.24) is 0 Å². The summed E-state index contributed by atoms with van der Waals surface area (Å²) in [5, 5.41) is 9.52. The average Bonchev–Trinajstić information content (AvgIpc) is 2.60. The van der Waals surface area contributed by atoms with Crippen molar-refractivity contribution in [3.63, 3.8) is 0 Å². The van der Waals surface area contributed by atoms with E-state index >= 15 is 0 Å². The second-order valence-corrected chi connectivity index (χ2v) is 6.46. The third kappa shape index (κ3) is 3.93. The van der Waals surface area contributed by atoms with Gasteiger partial charge in [-0.1, -0.05) is 18.2 Å². The number of benzene rings is 2. The van der Waals surface area contributed by atoms with Crippen LogP contribution in [0.4, 0.5) is 11.4 Å². The topological polar surface area (TPSA) is 49.4 Å². The van der Waals surface area contributed by atoms with Crippen molar-refractivity contribution in [1.29, 1.82) is 0 Å². The normalized spacial score (nSPS) is 20.5. The molecule has 0 atom stereocenters. The summed E-state index contributed by atoms with van der Waals surface area (Å²) in [5.74, 6) is 0.285. The highest BCUT2D eigenvalue weighted by atomic mass is 16.3. The lowest BCUT2D eigenvalue weighted by Crippen LogP contribution is -3.27. The van der Waals surface area contributed by atoms with Crippen LogP contribution in [0.1, 0.15) is 0 Å². The maximum atomic E-state index is 13.0. The predicted molar refractivity (Wildman–Crippen MR) is 93.9 cm³/mol. The van der Waals surface area contributed by atoms with Crippen LogP contribution in [0.15, 0.2) is 54.6 Å². The summed E-state index contributed by atoms with van der Waals surface area (Å²) in [5.41, 5.74) is 1.63. The number of carbonyl (C=O) groups excluding carboxylic acids is 1. The average molecular weight is 327 g/mol. The molecule has 3 rings (SSSR count). The van der Waals surface area contributed by atoms with Crippen LogP contribution < -0.4 is 14.7 Å². The number of likely N-dealkylation sites (N-methyl/N-ethyl adjacent to an activating group) is 1. The lowest BCUT2D eigenvalue weighted by molar-refractivity contribution is -1.000. The first-order chi connectivity index (χ1) is 11.6. The number of phenolic OH excluding ortho intramolecular Hbond substituents is 1. The van der Waals surface area contributed by atoms with Crippen LogP contribution in [0.25, 0.3) is 0 Å². The Hall–Kier alpha value is -2.37. The second-order valence-electron chi connectivity index (χ2n) is 6.46. The standard InChI is InChI=1S/C19H23N3O2/c1-20-11-13-21(14-12-20)15-19(24)22(16-5-3-2-4-6-16)17-7-9-18(23)10-8-17/h2-10,23H,11-15H2,1H3/p+2. The Morgan fingerprint density at radius 2 is 1.54 bits per heavy atom. The summed E-state index contributed by atoms with van der Waals surface area (Å²) in [6.07, 6.45) is 0. The van der Waals surface area contributed by atoms with Crippen LogP contribution in [-0.4, -0.2) is 50.8 Å². The summed E-state index contributed by atoms with van der Waals surface area (Å²) >= 11 is 0. The van der Waals surface area contributed by atoms with Gasteiger partial charge in [0.1, 0.15) is 31.9 Å². The van der Waals surface area contributed by atoms with Gasteiger partial charge < -0.3 is 14.9 Å². The molecule has 5 nitrogen and oxygen atoms in total. The molecule has 0 bridgehead atoms. The molecule has 126 valence electrons. The van der Waals surface area contributed by atoms with Crippen molar-refractivity contribution < 1.29 is 19.7 Å². The summed E-state index contributed by atoms with van der Waals surface area (Å²) in [6, 6.07) is 16.5. The zero-order chi connectivity index (χ0) is 16.9. The van der Waals surface area contributed by atoms with Gasteiger partial charge in [-0.25, -0.2) is 0 Å². The second kappa shape index (κ2) is 7.47. The highest BCUT2D eigenvalue weighted by Crippen LogP contribution is 2.26. The molecule has 1 amide bonds. The molecule has 24 heavy (non-hydrogen) atoms. The number of para-hydroxylation sites is 1. The first-order valence-electron chi connectivity index (χ1n) is 8.45. The van der Waals surface area contributed by atoms with E-state index in [-0.39, 0.29) is 11.7 Å². The van der Waals surface area contributed by atoms with Crippen molar-refractivity contribution >= 4 is 17.3 Å². The molecule has 5 heteroatoms. The van der Waals surface area contributed by atoms with Crippen LogP contribution in [0, 0.1) is 0 Å². The third-order valence-electron chi connectivity index (χ3n) is 4.58. The quantitative estimate of drug-likeness (QED) is 0.707. The van der Waals surface area contributed by atoms with Crippen molar-refractivity contribution in [2.24, 2.45) is 0 Å². The van der Waals surface area contributed by atoms with Crippen molar-refractivity contribution in [2.75, 3.05) is 44.7 Å². The molecule has 0 spiro atoms. The van der Waals surface area contributed by atoms with E-state index in [2.05, 4.69) is 7.05 Å². The first kappa shape index (κ1) is 16.5. The molecule has 1 aliphatic heterocycles. The van der Waals surface area contributed by atoms with E-state index in [1.54, 1.807) is 29.2 Å². The Bertz CT molecular complexity index is 665. The third-order valence-corrected chi connectivity index (χ3v) is 4.58. The van der Waals surface area contributed by atoms with Gasteiger partial charge in [-0.2, -0.15) is 0 Å². The minimum atomic E-state index is 0.0847. The summed E-state index contributed by atoms with van der Waals surface area (Å²) < 4.78 is 0. The lowest BCUT2D eigenvalue weighted by atomic mass is 10.2. The number of amides is 1. The van der Waals surface area contributed by atoms with Gasteiger partial charge in [-0.15, -0.1) is 0 Å². The largest absolute Gasteiger partial charge is 0.508 e. The molecule has 2 aromatic rings. The van der Waals surface area contributed by atoms with Gasteiger partial charge >= 0.3 is 0 Å². The van der Waals surface area contributed by atoms with Gasteiger partial charge in [0.25, 0.3) is 5.91 Å². The number of hydrogen-bond acceptors (Lipinski definition) is 2. The van der Waals surface area contributed by atoms with Crippen molar-refractivity contribution in [3.8, 4) is 5.75 Å². The molecule has 3 N–H and O–H groups in total. The van der Waals surface area contributed by atoms with Crippen molar-refractivity contribution in [2.45, 2.75) is 0 Å². The van der Waals surface area contributed by atoms with E-state index in [9.17, 15) is 9.90 Å². The van der Waals surface area contributed by atoms with Crippen LogP contribution in [0.2, 0.25) is 0 Å². The van der Waals surface area contributed by atoms with E-state index < -0.39 is 0 Å². The molecular formula is C19H25N3O2+2. The summed E-state index contributed by atoms with van der Waals surface area (Å²) in [6.45, 7) is 4.74. The van der Waals surface area contributed by atoms with E-state index in [1.807, 2.05) is 30.3 Å². The van der Waals surface area contributed by atoms with Gasteiger partial charge in [-0.3, -0.25) is 9.69 Å². The number of nitrogens with one attached hydrogen (secondary N) is 2. The number of rotatable bonds is 4. The van der Waals surface area contributed by atoms with Gasteiger partial charge in [0.05, 0.1) is 7.05 Å². The molecule has 1 fully saturated rings. The molecule has 1 heterocycles. The van der Waals surface area contributed by atoms with E-state index in [0.717, 1.165) is 37.6 Å². The SMILES string of the molecule is C[NH+]1CC[NH+](CC(=O)N(c2ccccc2)c2ccc(O)cc2)CC1. The van der Waals surface area contributed by atoms with E-state index in [0.29, 0.717) is 6.54 Å². The van der Waals surface area contributed by atoms with Crippen molar-refractivity contribution in [3.05, 3.63) is 54.6 Å². The van der Waals surface area contributed by atoms with E-state index in [1.165, 1.54) is 9.80 Å². The molecule has 0 saturated carbocycles. The van der Waals surface area contributed by atoms with Gasteiger partial charge in [0, 0.05) is 11.4 Å². The summed E-state index contributed by atoms with van der Waals surface area (Å²) in [4.78, 5) is 17.6. The summed E-state index contributed by atoms with van der Waals surface area (Å²) in [7, 11) is 2.20. The highest BCUT2D eigenvalue weighted by Gasteiger charge is 2.26. The number of nitrogens with zero attached hydrogens (tertiary/aromatic N) is 1. The molecule has 0 radical (unpaired) electrons. The van der Waals surface area contributed by atoms with Crippen LogP contribution in [0.5, 0.6) is 5.75 Å². The Balaban J connectivity index is 1.81. The highest BCUT2D eigenvalue weighted by molar-refractivity contribution is 6.01. The minimum absolute atomic E-state index is 0.0847. The molecule has 1 aliphatic rings. The fourth-order valence-corrected chi connectivity index (χ4v) is 3.12. The first-order valence-corrected chi connectivity index (χ1v) is 8.45. The maximum Gasteiger partial charge on any atom is 0.286 e. The lowest BCUT2D eigenvalue weighted by Gasteiger charge is -2.29. The fraction of sp³-hybridized carbons (Fsp3) is 0.316. The Morgan fingerprint density at radius 3 is 2.17 bits per heavy atom. The molecule has 0 aliphatic carbocycles. The number of phenols is 1. The molecular weight excluding hydrogens is 302 g/mol. The predicted octanol–water partition coefficient (Wildman–Crippen LogP) is -0.530. The van der Waals surface area contributed by atoms with Gasteiger partial charge in [0.15, 0.2) is 6.54 Å². The Morgan fingerprint density at radius 1 is 0.958 bits per heavy atom.